The third kappa shape index (κ3) is 8.84. The van der Waals surface area contributed by atoms with Gasteiger partial charge in [0.2, 0.25) is 10.0 Å². The third-order valence-corrected chi connectivity index (χ3v) is 8.48. The van der Waals surface area contributed by atoms with Crippen molar-refractivity contribution in [3.8, 4) is 0 Å². The first-order valence-electron chi connectivity index (χ1n) is 13.4. The van der Waals surface area contributed by atoms with Gasteiger partial charge >= 0.3 is 11.9 Å². The molecule has 0 aromatic heterocycles. The number of unbranched alkanes of at least 4 members (excludes halogenated alkanes) is 2. The predicted octanol–water partition coefficient (Wildman–Crippen LogP) is 5.84. The molecular weight excluding hydrogens is 504 g/mol. The Bertz CT molecular complexity index is 1130. The van der Waals surface area contributed by atoms with E-state index in [-0.39, 0.29) is 10.5 Å². The summed E-state index contributed by atoms with van der Waals surface area (Å²) in [4.78, 5) is 24.3. The highest BCUT2D eigenvalue weighted by Crippen LogP contribution is 2.31. The van der Waals surface area contributed by atoms with E-state index >= 15 is 0 Å². The monoisotopic (exact) mass is 546 g/mol. The maximum absolute atomic E-state index is 13.2. The highest BCUT2D eigenvalue weighted by molar-refractivity contribution is 7.89. The van der Waals surface area contributed by atoms with Crippen LogP contribution in [0.15, 0.2) is 53.4 Å². The molecule has 1 fully saturated rings. The van der Waals surface area contributed by atoms with Crippen LogP contribution in [0.3, 0.4) is 0 Å². The van der Waals surface area contributed by atoms with E-state index in [1.165, 1.54) is 10.4 Å². The van der Waals surface area contributed by atoms with Crippen LogP contribution in [0, 0.1) is 11.8 Å². The van der Waals surface area contributed by atoms with E-state index in [1.807, 2.05) is 13.8 Å². The summed E-state index contributed by atoms with van der Waals surface area (Å²) >= 11 is 0. The number of carbonyl (C=O) groups is 2. The summed E-state index contributed by atoms with van der Waals surface area (Å²) in [5.41, 5.74) is 1.01. The van der Waals surface area contributed by atoms with Crippen LogP contribution in [0.4, 0.5) is 5.69 Å². The zero-order valence-electron chi connectivity index (χ0n) is 23.0. The molecule has 0 saturated carbocycles. The summed E-state index contributed by atoms with van der Waals surface area (Å²) in [6.45, 7) is 10.9. The second-order valence-electron chi connectivity index (χ2n) is 10.1. The lowest BCUT2D eigenvalue weighted by Crippen LogP contribution is -2.39. The van der Waals surface area contributed by atoms with Crippen molar-refractivity contribution < 1.29 is 28.2 Å². The molecule has 0 radical (unpaired) electrons. The lowest BCUT2D eigenvalue weighted by Gasteiger charge is -2.37. The fourth-order valence-electron chi connectivity index (χ4n) is 4.73. The molecule has 3 rings (SSSR count). The summed E-state index contributed by atoms with van der Waals surface area (Å²) in [5.74, 6) is -1.02. The van der Waals surface area contributed by atoms with E-state index in [0.717, 1.165) is 45.2 Å². The molecule has 2 atom stereocenters. The van der Waals surface area contributed by atoms with E-state index in [4.69, 9.17) is 5.11 Å². The van der Waals surface area contributed by atoms with E-state index in [9.17, 15) is 23.1 Å². The molecule has 1 heterocycles. The maximum Gasteiger partial charge on any atom is 0.337 e. The molecule has 210 valence electrons. The van der Waals surface area contributed by atoms with Crippen molar-refractivity contribution in [1.29, 1.82) is 0 Å². The first-order chi connectivity index (χ1) is 18.0. The molecule has 2 unspecified atom stereocenters. The van der Waals surface area contributed by atoms with Gasteiger partial charge in [0.1, 0.15) is 0 Å². The average molecular weight is 547 g/mol. The number of benzene rings is 2. The third-order valence-electron chi connectivity index (χ3n) is 6.59. The molecular formula is C29H42N2O6S. The first-order valence-corrected chi connectivity index (χ1v) is 14.9. The molecule has 0 aliphatic carbocycles. The van der Waals surface area contributed by atoms with Gasteiger partial charge in [-0.3, -0.25) is 0 Å². The topological polar surface area (TPSA) is 115 Å². The second kappa shape index (κ2) is 14.9. The molecule has 1 saturated heterocycles. The fraction of sp³-hybridized carbons (Fsp3) is 0.517. The summed E-state index contributed by atoms with van der Waals surface area (Å²) < 4.78 is 28.0. The van der Waals surface area contributed by atoms with Crippen molar-refractivity contribution in [3.05, 3.63) is 59.7 Å². The van der Waals surface area contributed by atoms with E-state index in [0.29, 0.717) is 36.2 Å². The fourth-order valence-corrected chi connectivity index (χ4v) is 6.28. The number of nitrogens with zero attached hydrogens (tertiary/aromatic N) is 2. The van der Waals surface area contributed by atoms with Crippen molar-refractivity contribution in [2.75, 3.05) is 31.1 Å². The number of sulfonamides is 1. The van der Waals surface area contributed by atoms with Crippen LogP contribution < -0.4 is 4.90 Å². The van der Waals surface area contributed by atoms with Crippen LogP contribution in [0.1, 0.15) is 80.5 Å². The lowest BCUT2D eigenvalue weighted by molar-refractivity contribution is 0.0686. The Balaban J connectivity index is 0.000000474. The SMILES string of the molecule is CCCCN(CCCC)S(=O)(=O)c1ccc(N2CC(C)CC(C)C2)c(C(=O)O)c1.O=C(O)c1ccccc1. The average Bonchev–Trinajstić information content (AvgIpc) is 2.88. The van der Waals surface area contributed by atoms with Gasteiger partial charge in [-0.25, -0.2) is 18.0 Å². The Hall–Kier alpha value is -2.91. The van der Waals surface area contributed by atoms with Gasteiger partial charge in [0.05, 0.1) is 21.7 Å². The standard InChI is InChI=1S/C22H36N2O4S.C7H6O2/c1-5-7-11-24(12-8-6-2)29(27,28)19-9-10-21(20(14-19)22(25)26)23-15-17(3)13-18(4)16-23;8-7(9)6-4-2-1-3-5-6/h9-10,14,17-18H,5-8,11-13,15-16H2,1-4H3,(H,25,26);1-5H,(H,8,9). The minimum absolute atomic E-state index is 0.0679. The number of hydrogen-bond donors (Lipinski definition) is 2. The molecule has 0 amide bonds. The highest BCUT2D eigenvalue weighted by atomic mass is 32.2. The van der Waals surface area contributed by atoms with Crippen molar-refractivity contribution in [3.63, 3.8) is 0 Å². The zero-order chi connectivity index (χ0) is 28.3. The van der Waals surface area contributed by atoms with Crippen LogP contribution >= 0.6 is 0 Å². The number of carboxylic acids is 2. The Morgan fingerprint density at radius 3 is 1.89 bits per heavy atom. The van der Waals surface area contributed by atoms with Gasteiger partial charge in [0.15, 0.2) is 0 Å². The second-order valence-corrected chi connectivity index (χ2v) is 12.1. The van der Waals surface area contributed by atoms with Gasteiger partial charge in [-0.05, 0) is 61.4 Å². The maximum atomic E-state index is 13.2. The summed E-state index contributed by atoms with van der Waals surface area (Å²) in [7, 11) is -3.72. The van der Waals surface area contributed by atoms with Crippen LogP contribution in [0.25, 0.3) is 0 Å². The zero-order valence-corrected chi connectivity index (χ0v) is 23.8. The van der Waals surface area contributed by atoms with Gasteiger partial charge in [-0.15, -0.1) is 0 Å². The van der Waals surface area contributed by atoms with Gasteiger partial charge in [0, 0.05) is 26.2 Å². The van der Waals surface area contributed by atoms with Gasteiger partial charge < -0.3 is 15.1 Å². The normalized spacial score (nSPS) is 17.6. The molecule has 1 aliphatic rings. The molecule has 2 aromatic carbocycles. The number of aromatic carboxylic acids is 2. The Kier molecular flexibility index (Phi) is 12.3. The molecule has 2 aromatic rings. The van der Waals surface area contributed by atoms with Crippen LogP contribution in [0.5, 0.6) is 0 Å². The van der Waals surface area contributed by atoms with Crippen molar-refractivity contribution in [2.45, 2.75) is 64.7 Å². The summed E-state index contributed by atoms with van der Waals surface area (Å²) in [6, 6.07) is 12.9. The molecule has 0 spiro atoms. The van der Waals surface area contributed by atoms with Crippen LogP contribution in [-0.4, -0.2) is 61.1 Å². The number of rotatable bonds is 11. The lowest BCUT2D eigenvalue weighted by atomic mass is 9.91. The minimum atomic E-state index is -3.72. The first kappa shape index (κ1) is 31.3. The number of carboxylic acid groups (broad SMARTS) is 2. The van der Waals surface area contributed by atoms with Crippen LogP contribution in [-0.2, 0) is 10.0 Å². The van der Waals surface area contributed by atoms with Gasteiger partial charge in [-0.2, -0.15) is 4.31 Å². The van der Waals surface area contributed by atoms with E-state index in [1.54, 1.807) is 42.5 Å². The Morgan fingerprint density at radius 2 is 1.45 bits per heavy atom. The highest BCUT2D eigenvalue weighted by Gasteiger charge is 2.29. The number of anilines is 1. The Morgan fingerprint density at radius 1 is 0.895 bits per heavy atom. The smallest absolute Gasteiger partial charge is 0.337 e. The minimum Gasteiger partial charge on any atom is -0.478 e. The molecule has 2 N–H and O–H groups in total. The van der Waals surface area contributed by atoms with E-state index < -0.39 is 22.0 Å². The van der Waals surface area contributed by atoms with Gasteiger partial charge in [-0.1, -0.05) is 58.7 Å². The predicted molar refractivity (Wildman–Crippen MR) is 151 cm³/mol. The van der Waals surface area contributed by atoms with Crippen molar-refractivity contribution >= 4 is 27.6 Å². The van der Waals surface area contributed by atoms with Gasteiger partial charge in [0.25, 0.3) is 0 Å². The summed E-state index contributed by atoms with van der Waals surface area (Å²) in [6.07, 6.45) is 4.51. The number of hydrogen-bond acceptors (Lipinski definition) is 5. The molecule has 9 heteroatoms. The van der Waals surface area contributed by atoms with Crippen molar-refractivity contribution in [2.24, 2.45) is 11.8 Å². The summed E-state index contributed by atoms with van der Waals surface area (Å²) in [5, 5.41) is 18.2. The van der Waals surface area contributed by atoms with Crippen LogP contribution in [0.2, 0.25) is 0 Å². The molecule has 38 heavy (non-hydrogen) atoms. The Labute approximate surface area is 227 Å². The number of piperidine rings is 1. The largest absolute Gasteiger partial charge is 0.478 e. The molecule has 1 aliphatic heterocycles. The molecule has 8 nitrogen and oxygen atoms in total. The van der Waals surface area contributed by atoms with Crippen molar-refractivity contribution in [1.82, 2.24) is 4.31 Å². The quantitative estimate of drug-likeness (QED) is 0.364. The molecule has 0 bridgehead atoms. The van der Waals surface area contributed by atoms with E-state index in [2.05, 4.69) is 18.7 Å².